The minimum atomic E-state index is -1.06. The summed E-state index contributed by atoms with van der Waals surface area (Å²) in [7, 11) is 0. The van der Waals surface area contributed by atoms with Gasteiger partial charge in [0.15, 0.2) is 0 Å². The molecule has 3 rings (SSSR count). The molecule has 0 aromatic rings. The number of hydrogen-bond donors (Lipinski definition) is 1. The second kappa shape index (κ2) is 11.2. The van der Waals surface area contributed by atoms with Gasteiger partial charge in [0.1, 0.15) is 24.2 Å². The number of carbonyl (C=O) groups excluding carboxylic acids is 3. The van der Waals surface area contributed by atoms with Crippen molar-refractivity contribution in [1.29, 1.82) is 0 Å². The average Bonchev–Trinajstić information content (AvgIpc) is 3.44. The number of aliphatic hydroxyl groups is 1. The average molecular weight is 491 g/mol. The van der Waals surface area contributed by atoms with Crippen LogP contribution < -0.4 is 0 Å². The zero-order chi connectivity index (χ0) is 25.8. The molecular formula is C27H42N2O6. The van der Waals surface area contributed by atoms with Gasteiger partial charge in [0.2, 0.25) is 11.8 Å². The SMILES string of the molecule is C=CCOC(=O)[C@H]1[C@H]2C(=O)N(CCCCO)C(C(=O)N(CC=C)C(C)CCC)C23CC[C@]1(CC)O3. The first-order valence-electron chi connectivity index (χ1n) is 13.1. The predicted octanol–water partition coefficient (Wildman–Crippen LogP) is 2.85. The van der Waals surface area contributed by atoms with Crippen molar-refractivity contribution >= 4 is 17.8 Å². The summed E-state index contributed by atoms with van der Waals surface area (Å²) in [5, 5.41) is 9.32. The lowest BCUT2D eigenvalue weighted by molar-refractivity contribution is -0.161. The third-order valence-electron chi connectivity index (χ3n) is 8.17. The summed E-state index contributed by atoms with van der Waals surface area (Å²) in [6.45, 7) is 14.3. The Morgan fingerprint density at radius 1 is 1.29 bits per heavy atom. The van der Waals surface area contributed by atoms with Crippen molar-refractivity contribution in [2.75, 3.05) is 26.3 Å². The number of fused-ring (bicyclic) bond motifs is 1. The van der Waals surface area contributed by atoms with Gasteiger partial charge in [0, 0.05) is 25.7 Å². The molecule has 0 aromatic heterocycles. The Morgan fingerprint density at radius 2 is 2.03 bits per heavy atom. The second-order valence-corrected chi connectivity index (χ2v) is 10.1. The molecule has 3 aliphatic heterocycles. The Hall–Kier alpha value is -2.19. The smallest absolute Gasteiger partial charge is 0.313 e. The fraction of sp³-hybridized carbons (Fsp3) is 0.741. The molecule has 1 N–H and O–H groups in total. The Kier molecular flexibility index (Phi) is 8.81. The number of likely N-dealkylation sites (tertiary alicyclic amines) is 1. The quantitative estimate of drug-likeness (QED) is 0.229. The van der Waals surface area contributed by atoms with E-state index in [9.17, 15) is 19.5 Å². The molecule has 3 unspecified atom stereocenters. The van der Waals surface area contributed by atoms with E-state index in [0.717, 1.165) is 12.8 Å². The van der Waals surface area contributed by atoms with Crippen LogP contribution in [-0.2, 0) is 23.9 Å². The third kappa shape index (κ3) is 4.55. The fourth-order valence-corrected chi connectivity index (χ4v) is 6.58. The predicted molar refractivity (Wildman–Crippen MR) is 132 cm³/mol. The summed E-state index contributed by atoms with van der Waals surface area (Å²) >= 11 is 0. The molecule has 3 aliphatic rings. The van der Waals surface area contributed by atoms with Crippen molar-refractivity contribution in [3.8, 4) is 0 Å². The number of esters is 1. The lowest BCUT2D eigenvalue weighted by atomic mass is 9.65. The van der Waals surface area contributed by atoms with Gasteiger partial charge in [-0.2, -0.15) is 0 Å². The summed E-state index contributed by atoms with van der Waals surface area (Å²) in [6, 6.07) is -0.842. The van der Waals surface area contributed by atoms with Gasteiger partial charge in [-0.05, 0) is 45.4 Å². The summed E-state index contributed by atoms with van der Waals surface area (Å²) < 4.78 is 12.2. The van der Waals surface area contributed by atoms with E-state index in [1.54, 1.807) is 15.9 Å². The molecular weight excluding hydrogens is 448 g/mol. The first kappa shape index (κ1) is 27.4. The van der Waals surface area contributed by atoms with E-state index in [-0.39, 0.29) is 31.1 Å². The van der Waals surface area contributed by atoms with Crippen LogP contribution in [0.5, 0.6) is 0 Å². The maximum Gasteiger partial charge on any atom is 0.313 e. The highest BCUT2D eigenvalue weighted by molar-refractivity contribution is 5.98. The van der Waals surface area contributed by atoms with Crippen molar-refractivity contribution in [3.05, 3.63) is 25.3 Å². The van der Waals surface area contributed by atoms with Crippen LogP contribution in [0.4, 0.5) is 0 Å². The highest BCUT2D eigenvalue weighted by Gasteiger charge is 2.79. The summed E-state index contributed by atoms with van der Waals surface area (Å²) in [5.41, 5.74) is -1.88. The maximum atomic E-state index is 14.2. The van der Waals surface area contributed by atoms with Gasteiger partial charge in [0.05, 0.1) is 11.5 Å². The van der Waals surface area contributed by atoms with Gasteiger partial charge >= 0.3 is 5.97 Å². The molecule has 196 valence electrons. The molecule has 0 aliphatic carbocycles. The van der Waals surface area contributed by atoms with Crippen LogP contribution in [-0.4, -0.2) is 82.3 Å². The molecule has 3 saturated heterocycles. The number of unbranched alkanes of at least 4 members (excludes halogenated alkanes) is 1. The van der Waals surface area contributed by atoms with Crippen molar-refractivity contribution in [2.24, 2.45) is 11.8 Å². The molecule has 6 atom stereocenters. The summed E-state index contributed by atoms with van der Waals surface area (Å²) in [6.07, 6.45) is 7.75. The number of rotatable bonds is 14. The maximum absolute atomic E-state index is 14.2. The minimum absolute atomic E-state index is 0.0112. The minimum Gasteiger partial charge on any atom is -0.461 e. The summed E-state index contributed by atoms with van der Waals surface area (Å²) in [4.78, 5) is 44.9. The zero-order valence-electron chi connectivity index (χ0n) is 21.5. The molecule has 35 heavy (non-hydrogen) atoms. The van der Waals surface area contributed by atoms with Crippen LogP contribution in [0.1, 0.15) is 65.7 Å². The van der Waals surface area contributed by atoms with Crippen molar-refractivity contribution in [1.82, 2.24) is 9.80 Å². The van der Waals surface area contributed by atoms with Gasteiger partial charge in [0.25, 0.3) is 0 Å². The van der Waals surface area contributed by atoms with Crippen molar-refractivity contribution in [2.45, 2.75) is 89.0 Å². The highest BCUT2D eigenvalue weighted by atomic mass is 16.6. The normalized spacial score (nSPS) is 31.8. The number of aliphatic hydroxyl groups excluding tert-OH is 1. The number of hydrogen-bond acceptors (Lipinski definition) is 6. The number of nitrogens with zero attached hydrogens (tertiary/aromatic N) is 2. The van der Waals surface area contributed by atoms with Crippen molar-refractivity contribution in [3.63, 3.8) is 0 Å². The molecule has 8 nitrogen and oxygen atoms in total. The largest absolute Gasteiger partial charge is 0.461 e. The second-order valence-electron chi connectivity index (χ2n) is 10.1. The van der Waals surface area contributed by atoms with Crippen LogP contribution in [0.25, 0.3) is 0 Å². The molecule has 3 heterocycles. The molecule has 8 heteroatoms. The van der Waals surface area contributed by atoms with E-state index in [1.807, 2.05) is 13.8 Å². The standard InChI is InChI=1S/C27H42N2O6/c1-6-12-19(5)28(15-7-2)24(32)22-27-14-13-26(9-4,35-27)21(25(33)34-18-8-3)20(27)23(31)29(22)16-10-11-17-30/h7-8,19-22,30H,2-3,6,9-18H2,1,4-5H3/t19?,20-,21+,22?,26-,27?/m0/s1. The molecule has 3 fully saturated rings. The Bertz CT molecular complexity index is 830. The van der Waals surface area contributed by atoms with E-state index in [4.69, 9.17) is 9.47 Å². The first-order valence-corrected chi connectivity index (χ1v) is 13.1. The fourth-order valence-electron chi connectivity index (χ4n) is 6.58. The molecule has 0 radical (unpaired) electrons. The molecule has 1 spiro atoms. The Balaban J connectivity index is 2.06. The van der Waals surface area contributed by atoms with Crippen LogP contribution in [0.15, 0.2) is 25.3 Å². The summed E-state index contributed by atoms with van der Waals surface area (Å²) in [5.74, 6) is -2.36. The van der Waals surface area contributed by atoms with Gasteiger partial charge in [-0.3, -0.25) is 14.4 Å². The number of ether oxygens (including phenoxy) is 2. The molecule has 2 bridgehead atoms. The zero-order valence-corrected chi connectivity index (χ0v) is 21.5. The molecule has 2 amide bonds. The topological polar surface area (TPSA) is 96.4 Å². The highest BCUT2D eigenvalue weighted by Crippen LogP contribution is 2.64. The van der Waals surface area contributed by atoms with Gasteiger partial charge in [-0.25, -0.2) is 0 Å². The third-order valence-corrected chi connectivity index (χ3v) is 8.17. The van der Waals surface area contributed by atoms with Crippen LogP contribution in [0, 0.1) is 11.8 Å². The van der Waals surface area contributed by atoms with Crippen LogP contribution >= 0.6 is 0 Å². The van der Waals surface area contributed by atoms with E-state index in [2.05, 4.69) is 20.1 Å². The Labute approximate surface area is 209 Å². The monoisotopic (exact) mass is 490 g/mol. The Morgan fingerprint density at radius 3 is 2.63 bits per heavy atom. The molecule has 0 aromatic carbocycles. The number of amides is 2. The van der Waals surface area contributed by atoms with Crippen molar-refractivity contribution < 1.29 is 29.0 Å². The first-order chi connectivity index (χ1) is 16.8. The van der Waals surface area contributed by atoms with E-state index in [0.29, 0.717) is 45.2 Å². The van der Waals surface area contributed by atoms with Gasteiger partial charge in [-0.1, -0.05) is 39.0 Å². The number of carbonyl (C=O) groups is 3. The van der Waals surface area contributed by atoms with E-state index in [1.165, 1.54) is 6.08 Å². The van der Waals surface area contributed by atoms with Gasteiger partial charge in [-0.15, -0.1) is 6.58 Å². The van der Waals surface area contributed by atoms with Crippen LogP contribution in [0.3, 0.4) is 0 Å². The van der Waals surface area contributed by atoms with E-state index < -0.39 is 35.0 Å². The molecule has 0 saturated carbocycles. The lowest BCUT2D eigenvalue weighted by Crippen LogP contribution is -2.58. The van der Waals surface area contributed by atoms with E-state index >= 15 is 0 Å². The van der Waals surface area contributed by atoms with Gasteiger partial charge < -0.3 is 24.4 Å². The van der Waals surface area contributed by atoms with Crippen LogP contribution in [0.2, 0.25) is 0 Å². The lowest BCUT2D eigenvalue weighted by Gasteiger charge is -2.39.